The van der Waals surface area contributed by atoms with Crippen molar-refractivity contribution >= 4 is 23.3 Å². The lowest BCUT2D eigenvalue weighted by atomic mass is 10.0. The van der Waals surface area contributed by atoms with E-state index in [1.54, 1.807) is 11.3 Å². The van der Waals surface area contributed by atoms with E-state index < -0.39 is 18.0 Å². The van der Waals surface area contributed by atoms with Crippen molar-refractivity contribution in [3.05, 3.63) is 16.1 Å². The van der Waals surface area contributed by atoms with Gasteiger partial charge in [-0.3, -0.25) is 0 Å². The third-order valence-electron chi connectivity index (χ3n) is 2.60. The van der Waals surface area contributed by atoms with Crippen LogP contribution in [0.25, 0.3) is 0 Å². The van der Waals surface area contributed by atoms with Gasteiger partial charge in [-0.15, -0.1) is 11.3 Å². The first-order chi connectivity index (χ1) is 9.38. The van der Waals surface area contributed by atoms with E-state index in [-0.39, 0.29) is 5.92 Å². The van der Waals surface area contributed by atoms with Crippen LogP contribution in [-0.2, 0) is 11.2 Å². The van der Waals surface area contributed by atoms with Crippen LogP contribution in [0.15, 0.2) is 5.38 Å². The average molecular weight is 299 g/mol. The van der Waals surface area contributed by atoms with Crippen molar-refractivity contribution in [3.8, 4) is 0 Å². The number of carboxylic acids is 1. The molecule has 112 valence electrons. The second-order valence-corrected chi connectivity index (χ2v) is 6.00. The molecule has 0 unspecified atom stereocenters. The van der Waals surface area contributed by atoms with Gasteiger partial charge in [0, 0.05) is 24.0 Å². The molecule has 0 aliphatic heterocycles. The Bertz CT molecular complexity index is 459. The smallest absolute Gasteiger partial charge is 0.326 e. The Labute approximate surface area is 122 Å². The summed E-state index contributed by atoms with van der Waals surface area (Å²) >= 11 is 1.55. The van der Waals surface area contributed by atoms with E-state index in [4.69, 9.17) is 5.11 Å². The Morgan fingerprint density at radius 3 is 2.65 bits per heavy atom. The number of thiazole rings is 1. The van der Waals surface area contributed by atoms with E-state index in [1.807, 2.05) is 26.2 Å². The van der Waals surface area contributed by atoms with Crippen LogP contribution >= 0.6 is 11.3 Å². The molecule has 2 amide bonds. The lowest BCUT2D eigenvalue weighted by Gasteiger charge is -2.16. The van der Waals surface area contributed by atoms with Gasteiger partial charge in [-0.25, -0.2) is 14.6 Å². The first-order valence-electron chi connectivity index (χ1n) is 6.56. The van der Waals surface area contributed by atoms with Gasteiger partial charge >= 0.3 is 12.0 Å². The molecule has 1 aromatic heterocycles. The number of rotatable bonds is 7. The summed E-state index contributed by atoms with van der Waals surface area (Å²) in [4.78, 5) is 26.9. The summed E-state index contributed by atoms with van der Waals surface area (Å²) in [7, 11) is 0. The monoisotopic (exact) mass is 299 g/mol. The topological polar surface area (TPSA) is 91.3 Å². The van der Waals surface area contributed by atoms with E-state index in [1.165, 1.54) is 0 Å². The maximum Gasteiger partial charge on any atom is 0.326 e. The Morgan fingerprint density at radius 2 is 2.15 bits per heavy atom. The molecule has 0 saturated carbocycles. The highest BCUT2D eigenvalue weighted by Crippen LogP contribution is 2.08. The second kappa shape index (κ2) is 7.84. The van der Waals surface area contributed by atoms with Gasteiger partial charge in [-0.05, 0) is 19.3 Å². The molecule has 0 aromatic carbocycles. The van der Waals surface area contributed by atoms with Gasteiger partial charge in [0.05, 0.1) is 5.01 Å². The van der Waals surface area contributed by atoms with E-state index in [0.29, 0.717) is 19.4 Å². The molecule has 3 N–H and O–H groups in total. The third kappa shape index (κ3) is 6.01. The largest absolute Gasteiger partial charge is 0.480 e. The van der Waals surface area contributed by atoms with Crippen molar-refractivity contribution in [1.82, 2.24) is 15.6 Å². The lowest BCUT2D eigenvalue weighted by Crippen LogP contribution is -2.47. The minimum Gasteiger partial charge on any atom is -0.480 e. The van der Waals surface area contributed by atoms with Crippen LogP contribution in [0, 0.1) is 12.8 Å². The van der Waals surface area contributed by atoms with Crippen molar-refractivity contribution in [2.45, 2.75) is 39.7 Å². The zero-order valence-electron chi connectivity index (χ0n) is 12.0. The first kappa shape index (κ1) is 16.4. The average Bonchev–Trinajstić information content (AvgIpc) is 2.73. The molecule has 0 saturated heterocycles. The van der Waals surface area contributed by atoms with Crippen molar-refractivity contribution in [1.29, 1.82) is 0 Å². The van der Waals surface area contributed by atoms with Crippen molar-refractivity contribution in [3.63, 3.8) is 0 Å². The van der Waals surface area contributed by atoms with Crippen LogP contribution in [0.1, 0.15) is 31.0 Å². The Balaban J connectivity index is 2.32. The molecule has 0 fully saturated rings. The van der Waals surface area contributed by atoms with Gasteiger partial charge in [0.2, 0.25) is 0 Å². The molecule has 0 radical (unpaired) electrons. The predicted molar refractivity (Wildman–Crippen MR) is 78.0 cm³/mol. The number of carbonyl (C=O) groups excluding carboxylic acids is 1. The van der Waals surface area contributed by atoms with E-state index in [9.17, 15) is 9.59 Å². The predicted octanol–water partition coefficient (Wildman–Crippen LogP) is 1.79. The van der Waals surface area contributed by atoms with Gasteiger partial charge in [0.15, 0.2) is 0 Å². The number of hydrogen-bond donors (Lipinski definition) is 3. The van der Waals surface area contributed by atoms with Crippen LogP contribution in [0.2, 0.25) is 0 Å². The quantitative estimate of drug-likeness (QED) is 0.716. The summed E-state index contributed by atoms with van der Waals surface area (Å²) in [5.74, 6) is -0.806. The summed E-state index contributed by atoms with van der Waals surface area (Å²) in [5.41, 5.74) is 0.970. The molecular formula is C13H21N3O3S. The maximum absolute atomic E-state index is 11.6. The maximum atomic E-state index is 11.6. The fourth-order valence-electron chi connectivity index (χ4n) is 1.70. The highest BCUT2D eigenvalue weighted by Gasteiger charge is 2.20. The Morgan fingerprint density at radius 1 is 1.45 bits per heavy atom. The summed E-state index contributed by atoms with van der Waals surface area (Å²) < 4.78 is 0. The van der Waals surface area contributed by atoms with Gasteiger partial charge < -0.3 is 15.7 Å². The normalized spacial score (nSPS) is 12.2. The van der Waals surface area contributed by atoms with Crippen molar-refractivity contribution in [2.24, 2.45) is 5.92 Å². The summed E-state index contributed by atoms with van der Waals surface area (Å²) in [6.07, 6.45) is 1.06. The molecule has 1 heterocycles. The highest BCUT2D eigenvalue weighted by molar-refractivity contribution is 7.09. The number of amides is 2. The van der Waals surface area contributed by atoms with Crippen LogP contribution in [0.3, 0.4) is 0 Å². The van der Waals surface area contributed by atoms with E-state index in [0.717, 1.165) is 10.7 Å². The highest BCUT2D eigenvalue weighted by atomic mass is 32.1. The van der Waals surface area contributed by atoms with Gasteiger partial charge in [-0.1, -0.05) is 13.8 Å². The molecule has 1 aromatic rings. The fourth-order valence-corrected chi connectivity index (χ4v) is 2.48. The van der Waals surface area contributed by atoms with Crippen LogP contribution in [0.5, 0.6) is 0 Å². The van der Waals surface area contributed by atoms with E-state index in [2.05, 4.69) is 15.6 Å². The number of nitrogens with zero attached hydrogens (tertiary/aromatic N) is 1. The van der Waals surface area contributed by atoms with Crippen molar-refractivity contribution < 1.29 is 14.7 Å². The molecule has 0 aliphatic carbocycles. The third-order valence-corrected chi connectivity index (χ3v) is 3.63. The van der Waals surface area contributed by atoms with Crippen LogP contribution in [0.4, 0.5) is 4.79 Å². The van der Waals surface area contributed by atoms with Gasteiger partial charge in [-0.2, -0.15) is 0 Å². The summed E-state index contributed by atoms with van der Waals surface area (Å²) in [5, 5.41) is 17.1. The van der Waals surface area contributed by atoms with Gasteiger partial charge in [0.25, 0.3) is 0 Å². The van der Waals surface area contributed by atoms with Gasteiger partial charge in [0.1, 0.15) is 6.04 Å². The number of aliphatic carboxylic acids is 1. The Hall–Kier alpha value is -1.63. The number of urea groups is 1. The zero-order chi connectivity index (χ0) is 15.1. The Kier molecular flexibility index (Phi) is 6.44. The summed E-state index contributed by atoms with van der Waals surface area (Å²) in [6.45, 7) is 6.19. The standard InChI is InChI=1S/C13H21N3O3S/c1-8(2)6-10(12(17)18)16-13(19)14-5-4-11-15-9(3)7-20-11/h7-8,10H,4-6H2,1-3H3,(H,17,18)(H2,14,16,19)/t10-/m0/s1. The molecule has 1 rings (SSSR count). The molecule has 0 bridgehead atoms. The molecule has 1 atom stereocenters. The number of aromatic nitrogens is 1. The molecule has 20 heavy (non-hydrogen) atoms. The number of aryl methyl sites for hydroxylation is 1. The SMILES string of the molecule is Cc1csc(CCNC(=O)N[C@@H](CC(C)C)C(=O)O)n1. The molecule has 6 nitrogen and oxygen atoms in total. The minimum absolute atomic E-state index is 0.203. The number of carbonyl (C=O) groups is 2. The molecule has 7 heteroatoms. The second-order valence-electron chi connectivity index (χ2n) is 5.05. The molecule has 0 spiro atoms. The number of nitrogens with one attached hydrogen (secondary N) is 2. The zero-order valence-corrected chi connectivity index (χ0v) is 12.8. The fraction of sp³-hybridized carbons (Fsp3) is 0.615. The number of hydrogen-bond acceptors (Lipinski definition) is 4. The first-order valence-corrected chi connectivity index (χ1v) is 7.44. The molecular weight excluding hydrogens is 278 g/mol. The van der Waals surface area contributed by atoms with Crippen LogP contribution in [-0.4, -0.2) is 34.7 Å². The minimum atomic E-state index is -1.01. The molecule has 0 aliphatic rings. The van der Waals surface area contributed by atoms with Crippen molar-refractivity contribution in [2.75, 3.05) is 6.54 Å². The number of carboxylic acid groups (broad SMARTS) is 1. The van der Waals surface area contributed by atoms with Crippen LogP contribution < -0.4 is 10.6 Å². The van der Waals surface area contributed by atoms with E-state index >= 15 is 0 Å². The lowest BCUT2D eigenvalue weighted by molar-refractivity contribution is -0.139. The summed E-state index contributed by atoms with van der Waals surface area (Å²) in [6, 6.07) is -1.30.